The van der Waals surface area contributed by atoms with Gasteiger partial charge in [-0.1, -0.05) is 25.7 Å². The number of hydrogen-bond donors (Lipinski definition) is 1. The fourth-order valence-electron chi connectivity index (χ4n) is 5.84. The summed E-state index contributed by atoms with van der Waals surface area (Å²) in [7, 11) is 1.40. The van der Waals surface area contributed by atoms with Crippen molar-refractivity contribution < 1.29 is 47.6 Å². The maximum Gasteiger partial charge on any atom is 0.329 e. The molecule has 3 fully saturated rings. The molecule has 0 aromatic carbocycles. The van der Waals surface area contributed by atoms with Crippen LogP contribution in [0.5, 0.6) is 11.5 Å². The number of esters is 3. The van der Waals surface area contributed by atoms with Crippen LogP contribution in [-0.4, -0.2) is 73.2 Å². The molecule has 4 rings (SSSR count). The minimum absolute atomic E-state index is 0.0348. The van der Waals surface area contributed by atoms with Gasteiger partial charge in [0.25, 0.3) is 5.91 Å². The molecule has 1 saturated heterocycles. The van der Waals surface area contributed by atoms with E-state index in [9.17, 15) is 19.2 Å². The van der Waals surface area contributed by atoms with Crippen LogP contribution < -0.4 is 14.8 Å². The number of rotatable bonds is 10. The van der Waals surface area contributed by atoms with E-state index < -0.39 is 49.0 Å². The van der Waals surface area contributed by atoms with E-state index in [2.05, 4.69) is 10.3 Å². The zero-order chi connectivity index (χ0) is 30.1. The number of hydrogen-bond acceptors (Lipinski definition) is 11. The largest absolute Gasteiger partial charge is 0.493 e. The van der Waals surface area contributed by atoms with Crippen LogP contribution in [0.3, 0.4) is 0 Å². The Morgan fingerprint density at radius 2 is 1.74 bits per heavy atom. The Kier molecular flexibility index (Phi) is 11.4. The van der Waals surface area contributed by atoms with E-state index >= 15 is 0 Å². The predicted molar refractivity (Wildman–Crippen MR) is 148 cm³/mol. The van der Waals surface area contributed by atoms with Crippen molar-refractivity contribution in [3.05, 3.63) is 18.0 Å². The van der Waals surface area contributed by atoms with Gasteiger partial charge in [0.1, 0.15) is 12.1 Å². The van der Waals surface area contributed by atoms with Gasteiger partial charge < -0.3 is 33.7 Å². The molecular formula is C30H42N2O10. The number of carbonyl (C=O) groups excluding carboxylic acids is 4. The summed E-state index contributed by atoms with van der Waals surface area (Å²) < 4.78 is 33.9. The molecule has 12 heteroatoms. The minimum Gasteiger partial charge on any atom is -0.493 e. The molecule has 2 heterocycles. The summed E-state index contributed by atoms with van der Waals surface area (Å²) in [5.41, 5.74) is -0.145. The Bertz CT molecular complexity index is 1100. The SMILES string of the molecule is COc1ccnc(C(=O)NC2CCCC(OC3CCCC3)C(OC(=O)C3CCCC3)C(C)OC2=O)c1OCOC(C)=O. The molecule has 2 aliphatic carbocycles. The first-order valence-corrected chi connectivity index (χ1v) is 14.9. The van der Waals surface area contributed by atoms with Crippen LogP contribution >= 0.6 is 0 Å². The fraction of sp³-hybridized carbons (Fsp3) is 0.700. The van der Waals surface area contributed by atoms with Crippen molar-refractivity contribution in [1.29, 1.82) is 0 Å². The first-order valence-electron chi connectivity index (χ1n) is 14.9. The second-order valence-corrected chi connectivity index (χ2v) is 11.2. The summed E-state index contributed by atoms with van der Waals surface area (Å²) in [4.78, 5) is 55.0. The van der Waals surface area contributed by atoms with Gasteiger partial charge >= 0.3 is 17.9 Å². The maximum absolute atomic E-state index is 13.3. The second kappa shape index (κ2) is 15.2. The predicted octanol–water partition coefficient (Wildman–Crippen LogP) is 3.63. The fourth-order valence-corrected chi connectivity index (χ4v) is 5.84. The topological polar surface area (TPSA) is 149 Å². The van der Waals surface area contributed by atoms with E-state index in [0.29, 0.717) is 12.8 Å². The van der Waals surface area contributed by atoms with E-state index in [-0.39, 0.29) is 41.6 Å². The minimum atomic E-state index is -0.995. The van der Waals surface area contributed by atoms with Crippen LogP contribution in [0.15, 0.2) is 12.3 Å². The number of methoxy groups -OCH3 is 1. The molecule has 2 saturated carbocycles. The number of carbonyl (C=O) groups is 4. The van der Waals surface area contributed by atoms with Crippen molar-refractivity contribution in [3.63, 3.8) is 0 Å². The zero-order valence-electron chi connectivity index (χ0n) is 24.6. The van der Waals surface area contributed by atoms with Crippen LogP contribution in [0.4, 0.5) is 0 Å². The molecule has 1 aromatic heterocycles. The van der Waals surface area contributed by atoms with Gasteiger partial charge in [0.15, 0.2) is 23.3 Å². The average molecular weight is 591 g/mol. The van der Waals surface area contributed by atoms with Gasteiger partial charge in [-0.25, -0.2) is 9.78 Å². The van der Waals surface area contributed by atoms with E-state index in [1.54, 1.807) is 6.92 Å². The second-order valence-electron chi connectivity index (χ2n) is 11.2. The van der Waals surface area contributed by atoms with E-state index in [4.69, 9.17) is 28.4 Å². The molecule has 3 aliphatic rings. The van der Waals surface area contributed by atoms with Crippen LogP contribution in [-0.2, 0) is 33.3 Å². The standard InChI is InChI=1S/C30H42N2O10/c1-18-26(42-29(35)20-9-4-5-10-20)24(41-21-11-6-7-12-21)14-8-13-22(30(36)40-18)32-28(34)25-27(39-17-38-19(2)33)23(37-3)15-16-31-25/h15-16,18,20-22,24,26H,4-14,17H2,1-3H3,(H,32,34). The summed E-state index contributed by atoms with van der Waals surface area (Å²) in [5, 5.41) is 2.71. The van der Waals surface area contributed by atoms with Crippen molar-refractivity contribution in [3.8, 4) is 11.5 Å². The first-order chi connectivity index (χ1) is 20.3. The van der Waals surface area contributed by atoms with Gasteiger partial charge in [-0.05, 0) is 51.9 Å². The summed E-state index contributed by atoms with van der Waals surface area (Å²) in [6.45, 7) is 2.47. The summed E-state index contributed by atoms with van der Waals surface area (Å²) in [6.07, 6.45) is 8.46. The monoisotopic (exact) mass is 590 g/mol. The molecule has 0 radical (unpaired) electrons. The third kappa shape index (κ3) is 8.33. The molecule has 1 N–H and O–H groups in total. The van der Waals surface area contributed by atoms with E-state index in [0.717, 1.165) is 51.4 Å². The highest BCUT2D eigenvalue weighted by molar-refractivity contribution is 5.98. The first kappa shape index (κ1) is 31.5. The highest BCUT2D eigenvalue weighted by atomic mass is 16.7. The molecule has 232 valence electrons. The van der Waals surface area contributed by atoms with E-state index in [1.807, 2.05) is 0 Å². The Hall–Kier alpha value is -3.41. The van der Waals surface area contributed by atoms with Gasteiger partial charge in [0, 0.05) is 19.2 Å². The molecule has 1 aromatic rings. The van der Waals surface area contributed by atoms with Crippen LogP contribution in [0, 0.1) is 5.92 Å². The lowest BCUT2D eigenvalue weighted by Crippen LogP contribution is -2.47. The Balaban J connectivity index is 1.49. The van der Waals surface area contributed by atoms with Crippen molar-refractivity contribution in [2.45, 2.75) is 115 Å². The van der Waals surface area contributed by atoms with Crippen molar-refractivity contribution in [2.24, 2.45) is 5.92 Å². The molecule has 0 spiro atoms. The number of nitrogens with one attached hydrogen (secondary N) is 1. The number of pyridine rings is 1. The molecular weight excluding hydrogens is 548 g/mol. The number of aromatic nitrogens is 1. The van der Waals surface area contributed by atoms with Gasteiger partial charge in [-0.15, -0.1) is 0 Å². The average Bonchev–Trinajstić information content (AvgIpc) is 3.69. The Morgan fingerprint density at radius 3 is 2.43 bits per heavy atom. The van der Waals surface area contributed by atoms with E-state index in [1.165, 1.54) is 26.3 Å². The molecule has 4 atom stereocenters. The lowest BCUT2D eigenvalue weighted by atomic mass is 10.0. The molecule has 12 nitrogen and oxygen atoms in total. The van der Waals surface area contributed by atoms with Crippen molar-refractivity contribution in [2.75, 3.05) is 13.9 Å². The highest BCUT2D eigenvalue weighted by Gasteiger charge is 2.40. The van der Waals surface area contributed by atoms with Crippen LogP contribution in [0.1, 0.15) is 95.0 Å². The van der Waals surface area contributed by atoms with Gasteiger partial charge in [0.2, 0.25) is 6.79 Å². The molecule has 1 amide bonds. The van der Waals surface area contributed by atoms with Gasteiger partial charge in [-0.2, -0.15) is 0 Å². The number of cyclic esters (lactones) is 1. The quantitative estimate of drug-likeness (QED) is 0.242. The Morgan fingerprint density at radius 1 is 1.02 bits per heavy atom. The number of amides is 1. The molecule has 42 heavy (non-hydrogen) atoms. The number of ether oxygens (including phenoxy) is 6. The highest BCUT2D eigenvalue weighted by Crippen LogP contribution is 2.32. The Labute approximate surface area is 246 Å². The number of nitrogens with zero attached hydrogens (tertiary/aromatic N) is 1. The maximum atomic E-state index is 13.3. The lowest BCUT2D eigenvalue weighted by Gasteiger charge is -2.33. The third-order valence-corrected chi connectivity index (χ3v) is 8.08. The molecule has 4 unspecified atom stereocenters. The molecule has 1 aliphatic heterocycles. The lowest BCUT2D eigenvalue weighted by molar-refractivity contribution is -0.186. The normalized spacial score (nSPS) is 25.5. The van der Waals surface area contributed by atoms with Crippen molar-refractivity contribution >= 4 is 23.8 Å². The third-order valence-electron chi connectivity index (χ3n) is 8.08. The zero-order valence-corrected chi connectivity index (χ0v) is 24.6. The van der Waals surface area contributed by atoms with Crippen LogP contribution in [0.25, 0.3) is 0 Å². The summed E-state index contributed by atoms with van der Waals surface area (Å²) >= 11 is 0. The summed E-state index contributed by atoms with van der Waals surface area (Å²) in [6, 6.07) is 0.499. The van der Waals surface area contributed by atoms with Gasteiger partial charge in [0.05, 0.1) is 25.2 Å². The smallest absolute Gasteiger partial charge is 0.329 e. The summed E-state index contributed by atoms with van der Waals surface area (Å²) in [5.74, 6) is -2.15. The van der Waals surface area contributed by atoms with Crippen molar-refractivity contribution in [1.82, 2.24) is 10.3 Å². The van der Waals surface area contributed by atoms with Crippen LogP contribution in [0.2, 0.25) is 0 Å². The molecule has 0 bridgehead atoms. The van der Waals surface area contributed by atoms with Gasteiger partial charge in [-0.3, -0.25) is 14.4 Å².